The molecule has 13 heteroatoms. The molecule has 0 saturated heterocycles. The number of aliphatic hydroxyl groups excluding tert-OH is 1. The molecule has 0 fully saturated rings. The van der Waals surface area contributed by atoms with Crippen LogP contribution < -0.4 is 30.6 Å². The van der Waals surface area contributed by atoms with Crippen molar-refractivity contribution in [1.82, 2.24) is 0 Å². The van der Waals surface area contributed by atoms with Gasteiger partial charge in [0.1, 0.15) is 11.6 Å². The summed E-state index contributed by atoms with van der Waals surface area (Å²) in [6.07, 6.45) is -1.05. The Hall–Kier alpha value is -5.30. The zero-order valence-corrected chi connectivity index (χ0v) is 24.9. The molecule has 0 bridgehead atoms. The molecular weight excluding hydrogens is 572 g/mol. The summed E-state index contributed by atoms with van der Waals surface area (Å²) < 4.78 is 21.6. The molecule has 0 atom stereocenters. The summed E-state index contributed by atoms with van der Waals surface area (Å²) in [5.41, 5.74) is 8.52. The van der Waals surface area contributed by atoms with Gasteiger partial charge < -0.3 is 45.5 Å². The van der Waals surface area contributed by atoms with Gasteiger partial charge >= 0.3 is 12.1 Å². The SMILES string of the molecule is CCOC(=O)/N=C(\N)c1ccc(NC(=O)c2ccc(OC)cc2NCc2cc(CO)cc(OC(C)C)c2OCC(=O)O)cc1. The van der Waals surface area contributed by atoms with Crippen LogP contribution in [-0.2, 0) is 22.7 Å². The third-order valence-corrected chi connectivity index (χ3v) is 5.94. The molecule has 3 aromatic carbocycles. The van der Waals surface area contributed by atoms with Crippen molar-refractivity contribution in [2.75, 3.05) is 31.0 Å². The Balaban J connectivity index is 1.88. The van der Waals surface area contributed by atoms with Gasteiger partial charge in [-0.1, -0.05) is 0 Å². The molecule has 234 valence electrons. The van der Waals surface area contributed by atoms with Crippen LogP contribution in [0.2, 0.25) is 0 Å². The number of hydrogen-bond acceptors (Lipinski definition) is 9. The van der Waals surface area contributed by atoms with Crippen LogP contribution >= 0.6 is 0 Å². The van der Waals surface area contributed by atoms with Crippen molar-refractivity contribution in [1.29, 1.82) is 0 Å². The molecule has 44 heavy (non-hydrogen) atoms. The molecule has 13 nitrogen and oxygen atoms in total. The number of ether oxygens (including phenoxy) is 4. The highest BCUT2D eigenvalue weighted by molar-refractivity contribution is 6.08. The number of nitrogens with zero attached hydrogens (tertiary/aromatic N) is 1. The molecule has 0 aliphatic heterocycles. The van der Waals surface area contributed by atoms with Crippen molar-refractivity contribution in [2.24, 2.45) is 10.7 Å². The topological polar surface area (TPSA) is 191 Å². The molecule has 0 aromatic heterocycles. The van der Waals surface area contributed by atoms with E-state index in [1.54, 1.807) is 61.5 Å². The molecule has 0 radical (unpaired) electrons. The fourth-order valence-corrected chi connectivity index (χ4v) is 4.01. The first-order valence-corrected chi connectivity index (χ1v) is 13.7. The van der Waals surface area contributed by atoms with E-state index >= 15 is 0 Å². The van der Waals surface area contributed by atoms with Crippen molar-refractivity contribution in [3.8, 4) is 17.2 Å². The van der Waals surface area contributed by atoms with Crippen molar-refractivity contribution in [3.63, 3.8) is 0 Å². The number of aliphatic hydroxyl groups is 1. The number of nitrogens with one attached hydrogen (secondary N) is 2. The van der Waals surface area contributed by atoms with Gasteiger partial charge in [0, 0.05) is 29.4 Å². The maximum Gasteiger partial charge on any atom is 0.435 e. The fraction of sp³-hybridized carbons (Fsp3) is 0.290. The molecule has 0 aliphatic carbocycles. The molecule has 0 saturated carbocycles. The van der Waals surface area contributed by atoms with E-state index in [1.807, 2.05) is 13.8 Å². The van der Waals surface area contributed by atoms with Crippen LogP contribution in [0.1, 0.15) is 47.8 Å². The number of carboxylic acids is 1. The van der Waals surface area contributed by atoms with Gasteiger partial charge in [0.15, 0.2) is 18.1 Å². The van der Waals surface area contributed by atoms with Crippen LogP contribution in [0.25, 0.3) is 0 Å². The number of nitrogens with two attached hydrogens (primary N) is 1. The van der Waals surface area contributed by atoms with Gasteiger partial charge in [-0.15, -0.1) is 0 Å². The molecule has 0 aliphatic rings. The van der Waals surface area contributed by atoms with Gasteiger partial charge in [-0.05, 0) is 74.9 Å². The van der Waals surface area contributed by atoms with Gasteiger partial charge in [0.05, 0.1) is 37.7 Å². The largest absolute Gasteiger partial charge is 0.497 e. The lowest BCUT2D eigenvalue weighted by molar-refractivity contribution is -0.139. The van der Waals surface area contributed by atoms with Gasteiger partial charge in [0.25, 0.3) is 5.91 Å². The first-order chi connectivity index (χ1) is 21.0. The van der Waals surface area contributed by atoms with E-state index in [0.717, 1.165) is 0 Å². The molecule has 3 rings (SSSR count). The molecule has 2 amide bonds. The summed E-state index contributed by atoms with van der Waals surface area (Å²) in [5.74, 6) is -0.664. The van der Waals surface area contributed by atoms with Crippen LogP contribution in [-0.4, -0.2) is 60.4 Å². The number of anilines is 2. The Morgan fingerprint density at radius 2 is 1.77 bits per heavy atom. The highest BCUT2D eigenvalue weighted by Crippen LogP contribution is 2.35. The van der Waals surface area contributed by atoms with E-state index < -0.39 is 24.6 Å². The normalized spacial score (nSPS) is 11.1. The molecular formula is C31H36N4O9. The second-order valence-corrected chi connectivity index (χ2v) is 9.58. The maximum atomic E-state index is 13.4. The van der Waals surface area contributed by atoms with Gasteiger partial charge in [0.2, 0.25) is 0 Å². The fourth-order valence-electron chi connectivity index (χ4n) is 4.01. The van der Waals surface area contributed by atoms with E-state index in [0.29, 0.717) is 33.8 Å². The number of amides is 2. The number of hydrogen-bond donors (Lipinski definition) is 5. The Morgan fingerprint density at radius 3 is 2.39 bits per heavy atom. The number of amidine groups is 1. The lowest BCUT2D eigenvalue weighted by Crippen LogP contribution is -2.17. The number of carbonyl (C=O) groups is 3. The van der Waals surface area contributed by atoms with Crippen LogP contribution in [0.15, 0.2) is 59.6 Å². The summed E-state index contributed by atoms with van der Waals surface area (Å²) in [4.78, 5) is 39.9. The first-order valence-electron chi connectivity index (χ1n) is 13.7. The predicted octanol–water partition coefficient (Wildman–Crippen LogP) is 4.16. The van der Waals surface area contributed by atoms with Crippen molar-refractivity contribution in [3.05, 3.63) is 76.9 Å². The van der Waals surface area contributed by atoms with Crippen LogP contribution in [0, 0.1) is 0 Å². The van der Waals surface area contributed by atoms with Crippen LogP contribution in [0.4, 0.5) is 16.2 Å². The lowest BCUT2D eigenvalue weighted by atomic mass is 10.1. The van der Waals surface area contributed by atoms with Crippen LogP contribution in [0.3, 0.4) is 0 Å². The Kier molecular flexibility index (Phi) is 11.9. The number of methoxy groups -OCH3 is 1. The summed E-state index contributed by atoms with van der Waals surface area (Å²) in [6.45, 7) is 4.64. The third-order valence-electron chi connectivity index (χ3n) is 5.94. The lowest BCUT2D eigenvalue weighted by Gasteiger charge is -2.20. The smallest absolute Gasteiger partial charge is 0.435 e. The summed E-state index contributed by atoms with van der Waals surface area (Å²) in [6, 6.07) is 14.5. The Morgan fingerprint density at radius 1 is 1.05 bits per heavy atom. The van der Waals surface area contributed by atoms with Gasteiger partial charge in [-0.2, -0.15) is 4.99 Å². The molecule has 0 unspecified atom stereocenters. The van der Waals surface area contributed by atoms with E-state index in [2.05, 4.69) is 15.6 Å². The quantitative estimate of drug-likeness (QED) is 0.130. The summed E-state index contributed by atoms with van der Waals surface area (Å²) >= 11 is 0. The zero-order valence-electron chi connectivity index (χ0n) is 24.9. The van der Waals surface area contributed by atoms with Crippen LogP contribution in [0.5, 0.6) is 17.2 Å². The van der Waals surface area contributed by atoms with Gasteiger partial charge in [-0.3, -0.25) is 4.79 Å². The average Bonchev–Trinajstić information content (AvgIpc) is 2.99. The minimum absolute atomic E-state index is 0.0260. The van der Waals surface area contributed by atoms with Crippen molar-refractivity contribution < 1.29 is 43.5 Å². The van der Waals surface area contributed by atoms with Crippen molar-refractivity contribution in [2.45, 2.75) is 40.0 Å². The number of aliphatic imine (C=N–C) groups is 1. The standard InChI is InChI=1S/C31H36N4O9/c1-5-42-31(40)35-29(32)20-6-8-22(9-7-20)34-30(39)24-11-10-23(41-4)14-25(24)33-15-21-12-19(16-36)13-26(44-18(2)3)28(21)43-17-27(37)38/h6-14,18,33,36H,5,15-17H2,1-4H3,(H,34,39)(H,37,38)(H2,32,35,40). The number of carbonyl (C=O) groups excluding carboxylic acids is 2. The Labute approximate surface area is 254 Å². The van der Waals surface area contributed by atoms with E-state index in [9.17, 15) is 24.6 Å². The average molecular weight is 609 g/mol. The first kappa shape index (κ1) is 33.2. The minimum atomic E-state index is -1.17. The van der Waals surface area contributed by atoms with E-state index in [4.69, 9.17) is 24.7 Å². The highest BCUT2D eigenvalue weighted by atomic mass is 16.5. The summed E-state index contributed by atoms with van der Waals surface area (Å²) in [7, 11) is 1.50. The number of benzene rings is 3. The maximum absolute atomic E-state index is 13.4. The van der Waals surface area contributed by atoms with E-state index in [1.165, 1.54) is 7.11 Å². The molecule has 0 spiro atoms. The van der Waals surface area contributed by atoms with E-state index in [-0.39, 0.29) is 48.8 Å². The molecule has 0 heterocycles. The number of carboxylic acid groups (broad SMARTS) is 1. The molecule has 3 aromatic rings. The highest BCUT2D eigenvalue weighted by Gasteiger charge is 2.19. The Bertz CT molecular complexity index is 1500. The second-order valence-electron chi connectivity index (χ2n) is 9.58. The molecule has 6 N–H and O–H groups in total. The number of aliphatic carboxylic acids is 1. The monoisotopic (exact) mass is 608 g/mol. The zero-order chi connectivity index (χ0) is 32.2. The van der Waals surface area contributed by atoms with Crippen molar-refractivity contribution >= 4 is 35.2 Å². The second kappa shape index (κ2) is 15.8. The minimum Gasteiger partial charge on any atom is -0.497 e. The third kappa shape index (κ3) is 9.36. The predicted molar refractivity (Wildman–Crippen MR) is 164 cm³/mol. The number of rotatable bonds is 14. The summed E-state index contributed by atoms with van der Waals surface area (Å²) in [5, 5.41) is 25.1. The van der Waals surface area contributed by atoms with Gasteiger partial charge in [-0.25, -0.2) is 9.59 Å².